The van der Waals surface area contributed by atoms with E-state index in [2.05, 4.69) is 6.92 Å². The van der Waals surface area contributed by atoms with Gasteiger partial charge in [0.15, 0.2) is 5.78 Å². The van der Waals surface area contributed by atoms with Gasteiger partial charge >= 0.3 is 0 Å². The summed E-state index contributed by atoms with van der Waals surface area (Å²) in [5.74, 6) is 0.333. The van der Waals surface area contributed by atoms with Gasteiger partial charge in [-0.2, -0.15) is 0 Å². The average Bonchev–Trinajstić information content (AvgIpc) is 2.76. The first-order valence-corrected chi connectivity index (χ1v) is 5.82. The van der Waals surface area contributed by atoms with E-state index in [4.69, 9.17) is 4.42 Å². The third kappa shape index (κ3) is 3.90. The maximum absolute atomic E-state index is 11.8. The number of carbonyl (C=O) groups is 1. The first-order chi connectivity index (χ1) is 7.25. The summed E-state index contributed by atoms with van der Waals surface area (Å²) >= 11 is 0. The van der Waals surface area contributed by atoms with Crippen molar-refractivity contribution in [2.24, 2.45) is 5.92 Å². The van der Waals surface area contributed by atoms with Gasteiger partial charge in [-0.1, -0.05) is 39.5 Å². The number of hydrogen-bond acceptors (Lipinski definition) is 2. The first kappa shape index (κ1) is 12.0. The number of hydrogen-bond donors (Lipinski definition) is 0. The fourth-order valence-electron chi connectivity index (χ4n) is 1.70. The van der Waals surface area contributed by atoms with Crippen molar-refractivity contribution < 1.29 is 9.21 Å². The van der Waals surface area contributed by atoms with E-state index in [0.29, 0.717) is 5.56 Å². The van der Waals surface area contributed by atoms with Gasteiger partial charge in [-0.3, -0.25) is 4.79 Å². The molecule has 0 N–H and O–H groups in total. The molecule has 1 atom stereocenters. The zero-order chi connectivity index (χ0) is 11.1. The summed E-state index contributed by atoms with van der Waals surface area (Å²) in [5, 5.41) is 0. The molecule has 1 unspecified atom stereocenters. The van der Waals surface area contributed by atoms with Crippen LogP contribution >= 0.6 is 0 Å². The number of Topliss-reactive ketones (excluding diaryl/α,β-unsaturated/α-hetero) is 1. The molecule has 2 nitrogen and oxygen atoms in total. The summed E-state index contributed by atoms with van der Waals surface area (Å²) in [5.41, 5.74) is 0.706. The Bertz CT molecular complexity index is 275. The second kappa shape index (κ2) is 6.44. The number of ketones is 1. The third-order valence-corrected chi connectivity index (χ3v) is 2.74. The lowest BCUT2D eigenvalue weighted by molar-refractivity contribution is 0.0921. The van der Waals surface area contributed by atoms with E-state index in [-0.39, 0.29) is 11.7 Å². The summed E-state index contributed by atoms with van der Waals surface area (Å²) in [6.45, 7) is 4.20. The smallest absolute Gasteiger partial charge is 0.168 e. The minimum absolute atomic E-state index is 0.124. The van der Waals surface area contributed by atoms with Crippen molar-refractivity contribution in [3.8, 4) is 0 Å². The van der Waals surface area contributed by atoms with Crippen LogP contribution in [-0.2, 0) is 0 Å². The van der Waals surface area contributed by atoms with Gasteiger partial charge in [0.2, 0.25) is 0 Å². The molecule has 0 saturated carbocycles. The lowest BCUT2D eigenvalue weighted by atomic mass is 9.95. The molecule has 1 aromatic rings. The van der Waals surface area contributed by atoms with Crippen molar-refractivity contribution in [1.82, 2.24) is 0 Å². The topological polar surface area (TPSA) is 30.2 Å². The highest BCUT2D eigenvalue weighted by Crippen LogP contribution is 2.16. The summed E-state index contributed by atoms with van der Waals surface area (Å²) in [4.78, 5) is 11.8. The molecule has 0 aromatic carbocycles. The van der Waals surface area contributed by atoms with E-state index in [9.17, 15) is 4.79 Å². The molecule has 0 bridgehead atoms. The Morgan fingerprint density at radius 2 is 2.20 bits per heavy atom. The Kier molecular flexibility index (Phi) is 5.16. The van der Waals surface area contributed by atoms with Gasteiger partial charge in [-0.05, 0) is 12.5 Å². The summed E-state index contributed by atoms with van der Waals surface area (Å²) in [7, 11) is 0. The van der Waals surface area contributed by atoms with Crippen molar-refractivity contribution in [3.63, 3.8) is 0 Å². The van der Waals surface area contributed by atoms with Crippen LogP contribution in [0.25, 0.3) is 0 Å². The molecule has 15 heavy (non-hydrogen) atoms. The van der Waals surface area contributed by atoms with Crippen LogP contribution in [0.1, 0.15) is 56.3 Å². The molecule has 2 heteroatoms. The summed E-state index contributed by atoms with van der Waals surface area (Å²) in [6, 6.07) is 1.74. The minimum Gasteiger partial charge on any atom is -0.472 e. The standard InChI is InChI=1S/C13H20O2/c1-3-4-5-6-7-11(2)13(14)12-8-9-15-10-12/h8-11H,3-7H2,1-2H3. The highest BCUT2D eigenvalue weighted by atomic mass is 16.3. The fourth-order valence-corrected chi connectivity index (χ4v) is 1.70. The van der Waals surface area contributed by atoms with Crippen LogP contribution in [0.3, 0.4) is 0 Å². The van der Waals surface area contributed by atoms with E-state index < -0.39 is 0 Å². The third-order valence-electron chi connectivity index (χ3n) is 2.74. The predicted molar refractivity (Wildman–Crippen MR) is 61.0 cm³/mol. The van der Waals surface area contributed by atoms with E-state index >= 15 is 0 Å². The summed E-state index contributed by atoms with van der Waals surface area (Å²) in [6.07, 6.45) is 8.97. The molecule has 84 valence electrons. The average molecular weight is 208 g/mol. The van der Waals surface area contributed by atoms with Gasteiger partial charge in [-0.15, -0.1) is 0 Å². The van der Waals surface area contributed by atoms with Crippen LogP contribution in [-0.4, -0.2) is 5.78 Å². The van der Waals surface area contributed by atoms with Crippen LogP contribution in [0.5, 0.6) is 0 Å². The Morgan fingerprint density at radius 3 is 2.80 bits per heavy atom. The molecule has 0 aliphatic heterocycles. The van der Waals surface area contributed by atoms with Crippen LogP contribution in [0.2, 0.25) is 0 Å². The zero-order valence-electron chi connectivity index (χ0n) is 9.66. The normalized spacial score (nSPS) is 12.7. The maximum Gasteiger partial charge on any atom is 0.168 e. The maximum atomic E-state index is 11.8. The zero-order valence-corrected chi connectivity index (χ0v) is 9.66. The van der Waals surface area contributed by atoms with Crippen molar-refractivity contribution in [1.29, 1.82) is 0 Å². The quantitative estimate of drug-likeness (QED) is 0.499. The Morgan fingerprint density at radius 1 is 1.40 bits per heavy atom. The van der Waals surface area contributed by atoms with Gasteiger partial charge in [-0.25, -0.2) is 0 Å². The second-order valence-electron chi connectivity index (χ2n) is 4.13. The molecule has 0 aliphatic rings. The van der Waals surface area contributed by atoms with Crippen molar-refractivity contribution in [2.75, 3.05) is 0 Å². The van der Waals surface area contributed by atoms with E-state index in [1.807, 2.05) is 6.92 Å². The number of carbonyl (C=O) groups excluding carboxylic acids is 1. The van der Waals surface area contributed by atoms with Crippen molar-refractivity contribution in [2.45, 2.75) is 46.0 Å². The van der Waals surface area contributed by atoms with Gasteiger partial charge in [0.05, 0.1) is 11.8 Å². The monoisotopic (exact) mass is 208 g/mol. The first-order valence-electron chi connectivity index (χ1n) is 5.82. The molecule has 0 aliphatic carbocycles. The molecular weight excluding hydrogens is 188 g/mol. The molecule has 0 radical (unpaired) electrons. The number of unbranched alkanes of at least 4 members (excludes halogenated alkanes) is 3. The molecule has 1 aromatic heterocycles. The molecule has 1 heterocycles. The fraction of sp³-hybridized carbons (Fsp3) is 0.615. The van der Waals surface area contributed by atoms with Crippen LogP contribution in [0.4, 0.5) is 0 Å². The van der Waals surface area contributed by atoms with Gasteiger partial charge in [0, 0.05) is 5.92 Å². The number of furan rings is 1. The second-order valence-corrected chi connectivity index (χ2v) is 4.13. The van der Waals surface area contributed by atoms with Gasteiger partial charge < -0.3 is 4.42 Å². The molecule has 0 saturated heterocycles. The highest BCUT2D eigenvalue weighted by molar-refractivity contribution is 5.97. The minimum atomic E-state index is 0.124. The van der Waals surface area contributed by atoms with E-state index in [1.54, 1.807) is 12.3 Å². The van der Waals surface area contributed by atoms with Gasteiger partial charge in [0.1, 0.15) is 6.26 Å². The Balaban J connectivity index is 2.28. The van der Waals surface area contributed by atoms with Crippen molar-refractivity contribution in [3.05, 3.63) is 24.2 Å². The van der Waals surface area contributed by atoms with E-state index in [0.717, 1.165) is 12.8 Å². The van der Waals surface area contributed by atoms with Crippen LogP contribution in [0, 0.1) is 5.92 Å². The predicted octanol–water partition coefficient (Wildman–Crippen LogP) is 4.07. The SMILES string of the molecule is CCCCCCC(C)C(=O)c1ccoc1. The highest BCUT2D eigenvalue weighted by Gasteiger charge is 2.15. The lowest BCUT2D eigenvalue weighted by Gasteiger charge is -2.08. The number of rotatable bonds is 7. The van der Waals surface area contributed by atoms with Crippen LogP contribution < -0.4 is 0 Å². The lowest BCUT2D eigenvalue weighted by Crippen LogP contribution is -2.10. The van der Waals surface area contributed by atoms with E-state index in [1.165, 1.54) is 25.5 Å². The molecule has 0 spiro atoms. The molecule has 0 amide bonds. The Hall–Kier alpha value is -1.05. The Labute approximate surface area is 91.7 Å². The molecule has 1 rings (SSSR count). The molecular formula is C13H20O2. The van der Waals surface area contributed by atoms with Crippen molar-refractivity contribution >= 4 is 5.78 Å². The largest absolute Gasteiger partial charge is 0.472 e. The molecule has 0 fully saturated rings. The van der Waals surface area contributed by atoms with Gasteiger partial charge in [0.25, 0.3) is 0 Å². The summed E-state index contributed by atoms with van der Waals surface area (Å²) < 4.78 is 4.91. The van der Waals surface area contributed by atoms with Crippen LogP contribution in [0.15, 0.2) is 23.0 Å².